The van der Waals surface area contributed by atoms with Crippen LogP contribution in [-0.2, 0) is 4.79 Å². The fourth-order valence-electron chi connectivity index (χ4n) is 2.11. The van der Waals surface area contributed by atoms with Crippen LogP contribution in [0.2, 0.25) is 0 Å². The van der Waals surface area contributed by atoms with Crippen LogP contribution in [0.25, 0.3) is 23.0 Å². The van der Waals surface area contributed by atoms with Crippen LogP contribution in [0.15, 0.2) is 67.1 Å². The summed E-state index contributed by atoms with van der Waals surface area (Å²) in [6.07, 6.45) is 7.61. The first-order valence-corrected chi connectivity index (χ1v) is 6.68. The Morgan fingerprint density at radius 1 is 1.13 bits per heavy atom. The van der Waals surface area contributed by atoms with E-state index in [0.717, 1.165) is 17.3 Å². The van der Waals surface area contributed by atoms with Crippen LogP contribution >= 0.6 is 0 Å². The number of carboxylic acid groups (broad SMARTS) is 1. The van der Waals surface area contributed by atoms with E-state index in [1.54, 1.807) is 23.3 Å². The van der Waals surface area contributed by atoms with E-state index in [2.05, 4.69) is 10.1 Å². The van der Waals surface area contributed by atoms with Crippen LogP contribution in [0.5, 0.6) is 0 Å². The van der Waals surface area contributed by atoms with Gasteiger partial charge in [0.25, 0.3) is 0 Å². The number of aromatic nitrogens is 3. The Bertz CT molecular complexity index is 814. The molecule has 1 aromatic carbocycles. The average Bonchev–Trinajstić information content (AvgIpc) is 2.99. The van der Waals surface area contributed by atoms with Crippen molar-refractivity contribution >= 4 is 12.0 Å². The number of para-hydroxylation sites is 1. The Morgan fingerprint density at radius 2 is 1.91 bits per heavy atom. The Balaban J connectivity index is 0.00000192. The molecule has 0 atom stereocenters. The van der Waals surface area contributed by atoms with Crippen molar-refractivity contribution in [2.24, 2.45) is 0 Å². The molecule has 0 aliphatic carbocycles. The molecule has 0 radical (unpaired) electrons. The van der Waals surface area contributed by atoms with Crippen molar-refractivity contribution in [1.29, 1.82) is 0 Å². The first-order chi connectivity index (χ1) is 10.7. The van der Waals surface area contributed by atoms with Gasteiger partial charge in [0.15, 0.2) is 0 Å². The quantitative estimate of drug-likeness (QED) is 0.441. The van der Waals surface area contributed by atoms with E-state index >= 15 is 0 Å². The van der Waals surface area contributed by atoms with Gasteiger partial charge in [-0.25, -0.2) is 4.68 Å². The van der Waals surface area contributed by atoms with Crippen LogP contribution in [-0.4, -0.2) is 20.7 Å². The number of hydrogen-bond donors (Lipinski definition) is 0. The van der Waals surface area contributed by atoms with Gasteiger partial charge >= 0.3 is 51.4 Å². The number of aliphatic carboxylic acids is 1. The molecule has 2 aromatic heterocycles. The third-order valence-electron chi connectivity index (χ3n) is 3.10. The molecule has 2 heterocycles. The van der Waals surface area contributed by atoms with Gasteiger partial charge in [-0.3, -0.25) is 4.98 Å². The third-order valence-corrected chi connectivity index (χ3v) is 3.10. The second-order valence-corrected chi connectivity index (χ2v) is 4.61. The molecule has 0 spiro atoms. The summed E-state index contributed by atoms with van der Waals surface area (Å²) in [7, 11) is 0. The first-order valence-electron chi connectivity index (χ1n) is 6.68. The molecule has 0 saturated heterocycles. The van der Waals surface area contributed by atoms with Crippen molar-refractivity contribution in [2.45, 2.75) is 0 Å². The molecular formula is C17H12KN3O2. The summed E-state index contributed by atoms with van der Waals surface area (Å²) in [6.45, 7) is 0. The zero-order chi connectivity index (χ0) is 15.4. The van der Waals surface area contributed by atoms with Crippen LogP contribution in [0.4, 0.5) is 0 Å². The second-order valence-electron chi connectivity index (χ2n) is 4.61. The average molecular weight is 329 g/mol. The molecule has 6 heteroatoms. The summed E-state index contributed by atoms with van der Waals surface area (Å²) in [5.74, 6) is -1.25. The van der Waals surface area contributed by atoms with Gasteiger partial charge in [-0.05, 0) is 36.4 Å². The number of hydrogen-bond acceptors (Lipinski definition) is 4. The predicted octanol–water partition coefficient (Wildman–Crippen LogP) is -1.30. The summed E-state index contributed by atoms with van der Waals surface area (Å²) in [5.41, 5.74) is 3.05. The Labute approximate surface area is 176 Å². The molecule has 3 rings (SSSR count). The summed E-state index contributed by atoms with van der Waals surface area (Å²) < 4.78 is 1.71. The fraction of sp³-hybridized carbons (Fsp3) is 0. The summed E-state index contributed by atoms with van der Waals surface area (Å²) in [5, 5.41) is 15.2. The van der Waals surface area contributed by atoms with Crippen LogP contribution < -0.4 is 56.5 Å². The van der Waals surface area contributed by atoms with Gasteiger partial charge in [-0.2, -0.15) is 5.10 Å². The van der Waals surface area contributed by atoms with E-state index in [0.29, 0.717) is 11.3 Å². The van der Waals surface area contributed by atoms with Gasteiger partial charge in [0.1, 0.15) is 5.69 Å². The van der Waals surface area contributed by atoms with Gasteiger partial charge < -0.3 is 9.90 Å². The van der Waals surface area contributed by atoms with Gasteiger partial charge in [0, 0.05) is 29.7 Å². The molecule has 5 nitrogen and oxygen atoms in total. The van der Waals surface area contributed by atoms with Gasteiger partial charge in [0.05, 0.1) is 11.7 Å². The van der Waals surface area contributed by atoms with Gasteiger partial charge in [-0.15, -0.1) is 0 Å². The molecule has 108 valence electrons. The zero-order valence-electron chi connectivity index (χ0n) is 12.6. The number of nitrogens with zero attached hydrogens (tertiary/aromatic N) is 3. The number of rotatable bonds is 4. The van der Waals surface area contributed by atoms with Crippen molar-refractivity contribution in [3.8, 4) is 16.9 Å². The number of benzene rings is 1. The second kappa shape index (κ2) is 8.33. The van der Waals surface area contributed by atoms with Crippen molar-refractivity contribution in [2.75, 3.05) is 0 Å². The van der Waals surface area contributed by atoms with Crippen molar-refractivity contribution in [3.05, 3.63) is 72.7 Å². The summed E-state index contributed by atoms with van der Waals surface area (Å²) in [4.78, 5) is 14.7. The predicted molar refractivity (Wildman–Crippen MR) is 80.8 cm³/mol. The zero-order valence-corrected chi connectivity index (χ0v) is 15.7. The van der Waals surface area contributed by atoms with Crippen molar-refractivity contribution in [1.82, 2.24) is 14.8 Å². The molecular weight excluding hydrogens is 317 g/mol. The SMILES string of the molecule is O=C([O-])/C=C/c1cn(-c2ccccc2)nc1-c1cccnc1.[K+]. The topological polar surface area (TPSA) is 70.8 Å². The molecule has 0 amide bonds. The Morgan fingerprint density at radius 3 is 2.57 bits per heavy atom. The molecule has 0 fully saturated rings. The Hall–Kier alpha value is -1.57. The number of carbonyl (C=O) groups is 1. The van der Waals surface area contributed by atoms with Crippen LogP contribution in [0.3, 0.4) is 0 Å². The van der Waals surface area contributed by atoms with Crippen molar-refractivity contribution in [3.63, 3.8) is 0 Å². The standard InChI is InChI=1S/C17H13N3O2.K/c21-16(22)9-8-14-12-20(15-6-2-1-3-7-15)19-17(14)13-5-4-10-18-11-13;/h1-12H,(H,21,22);/q;+1/p-1/b9-8+;. The van der Waals surface area contributed by atoms with Crippen molar-refractivity contribution < 1.29 is 61.3 Å². The van der Waals surface area contributed by atoms with E-state index in [4.69, 9.17) is 0 Å². The normalized spacial score (nSPS) is 10.4. The summed E-state index contributed by atoms with van der Waals surface area (Å²) >= 11 is 0. The smallest absolute Gasteiger partial charge is 0.545 e. The Kier molecular flexibility index (Phi) is 6.44. The minimum atomic E-state index is -1.25. The summed E-state index contributed by atoms with van der Waals surface area (Å²) in [6, 6.07) is 13.3. The molecule has 23 heavy (non-hydrogen) atoms. The largest absolute Gasteiger partial charge is 1.00 e. The maximum absolute atomic E-state index is 10.7. The maximum Gasteiger partial charge on any atom is 1.00 e. The van der Waals surface area contributed by atoms with E-state index < -0.39 is 5.97 Å². The molecule has 0 N–H and O–H groups in total. The molecule has 0 bridgehead atoms. The number of carbonyl (C=O) groups excluding carboxylic acids is 1. The minimum Gasteiger partial charge on any atom is -0.545 e. The van der Waals surface area contributed by atoms with E-state index in [9.17, 15) is 9.90 Å². The molecule has 0 aliphatic rings. The number of pyridine rings is 1. The van der Waals surface area contributed by atoms with Gasteiger partial charge in [-0.1, -0.05) is 18.2 Å². The maximum atomic E-state index is 10.7. The first kappa shape index (κ1) is 17.8. The number of carboxylic acids is 1. The minimum absolute atomic E-state index is 0. The molecule has 3 aromatic rings. The molecule has 0 aliphatic heterocycles. The van der Waals surface area contributed by atoms with E-state index in [1.165, 1.54) is 6.08 Å². The van der Waals surface area contributed by atoms with Crippen LogP contribution in [0.1, 0.15) is 5.56 Å². The van der Waals surface area contributed by atoms with E-state index in [-0.39, 0.29) is 51.4 Å². The third kappa shape index (κ3) is 4.46. The molecule has 0 unspecified atom stereocenters. The van der Waals surface area contributed by atoms with E-state index in [1.807, 2.05) is 42.5 Å². The molecule has 0 saturated carbocycles. The fourth-order valence-corrected chi connectivity index (χ4v) is 2.11. The monoisotopic (exact) mass is 329 g/mol. The van der Waals surface area contributed by atoms with Crippen LogP contribution in [0, 0.1) is 0 Å². The van der Waals surface area contributed by atoms with Gasteiger partial charge in [0.2, 0.25) is 0 Å².